The lowest BCUT2D eigenvalue weighted by molar-refractivity contribution is -0.120. The van der Waals surface area contributed by atoms with Crippen molar-refractivity contribution in [2.75, 3.05) is 9.80 Å². The van der Waals surface area contributed by atoms with E-state index in [2.05, 4.69) is 24.5 Å². The summed E-state index contributed by atoms with van der Waals surface area (Å²) >= 11 is 5.76. The molecule has 0 N–H and O–H groups in total. The van der Waals surface area contributed by atoms with Crippen molar-refractivity contribution in [2.45, 2.75) is 59.4 Å². The Kier molecular flexibility index (Phi) is 6.39. The molecule has 1 saturated carbocycles. The number of carbonyl (C=O) groups excluding carboxylic acids is 2. The number of aryl methyl sites for hydroxylation is 3. The molecule has 1 aliphatic heterocycles. The third-order valence-electron chi connectivity index (χ3n) is 7.53. The molecule has 1 aliphatic carbocycles. The summed E-state index contributed by atoms with van der Waals surface area (Å²) in [7, 11) is 0. The molecule has 6 heteroatoms. The van der Waals surface area contributed by atoms with E-state index in [1.807, 2.05) is 62.4 Å². The van der Waals surface area contributed by atoms with E-state index in [9.17, 15) is 9.59 Å². The molecule has 0 radical (unpaired) electrons. The average Bonchev–Trinajstić information content (AvgIpc) is 3.47. The quantitative estimate of drug-likeness (QED) is 0.232. The first-order valence-corrected chi connectivity index (χ1v) is 12.9. The van der Waals surface area contributed by atoms with Crippen LogP contribution in [-0.4, -0.2) is 21.5 Å². The zero-order valence-electron chi connectivity index (χ0n) is 21.2. The number of nitrogens with zero attached hydrogens (tertiary/aromatic N) is 3. The molecule has 0 unspecified atom stereocenters. The van der Waals surface area contributed by atoms with E-state index in [-0.39, 0.29) is 10.7 Å². The van der Waals surface area contributed by atoms with Crippen molar-refractivity contribution < 1.29 is 9.59 Å². The van der Waals surface area contributed by atoms with Gasteiger partial charge in [0.05, 0.1) is 11.4 Å². The minimum Gasteiger partial charge on any atom is -0.346 e. The van der Waals surface area contributed by atoms with E-state index >= 15 is 0 Å². The highest BCUT2D eigenvalue weighted by Gasteiger charge is 2.41. The smallest absolute Gasteiger partial charge is 0.270 e. The fourth-order valence-electron chi connectivity index (χ4n) is 5.46. The SMILES string of the molecule is Cc1ccc(N2C(=O)/C(=C\c3cc(C)n(C4CCCC4)c3C)C(=O)N(c3ccccc3)C2=S)cc1C. The zero-order valence-corrected chi connectivity index (χ0v) is 22.1. The maximum absolute atomic E-state index is 13.9. The van der Waals surface area contributed by atoms with Gasteiger partial charge in [-0.05, 0) is 106 Å². The number of anilines is 2. The van der Waals surface area contributed by atoms with Gasteiger partial charge in [0.15, 0.2) is 5.11 Å². The number of amides is 2. The minimum atomic E-state index is -0.401. The predicted molar refractivity (Wildman–Crippen MR) is 149 cm³/mol. The fourth-order valence-corrected chi connectivity index (χ4v) is 5.83. The molecule has 2 aliphatic rings. The molecule has 0 atom stereocenters. The highest BCUT2D eigenvalue weighted by molar-refractivity contribution is 7.81. The molecule has 0 spiro atoms. The molecule has 2 heterocycles. The highest BCUT2D eigenvalue weighted by Crippen LogP contribution is 2.35. The summed E-state index contributed by atoms with van der Waals surface area (Å²) < 4.78 is 2.37. The van der Waals surface area contributed by atoms with Crippen molar-refractivity contribution in [1.29, 1.82) is 0 Å². The Bertz CT molecular complexity index is 1400. The highest BCUT2D eigenvalue weighted by atomic mass is 32.1. The van der Waals surface area contributed by atoms with Crippen molar-refractivity contribution >= 4 is 46.6 Å². The summed E-state index contributed by atoms with van der Waals surface area (Å²) in [6.45, 7) is 8.21. The minimum absolute atomic E-state index is 0.109. The summed E-state index contributed by atoms with van der Waals surface area (Å²) in [5, 5.41) is 0.160. The molecular formula is C30H31N3O2S. The number of para-hydroxylation sites is 1. The largest absolute Gasteiger partial charge is 0.346 e. The average molecular weight is 498 g/mol. The Hall–Kier alpha value is -3.51. The van der Waals surface area contributed by atoms with Crippen LogP contribution in [0.15, 0.2) is 60.2 Å². The van der Waals surface area contributed by atoms with E-state index in [0.717, 1.165) is 28.1 Å². The molecule has 184 valence electrons. The van der Waals surface area contributed by atoms with Crippen LogP contribution in [-0.2, 0) is 9.59 Å². The van der Waals surface area contributed by atoms with Crippen LogP contribution in [0.1, 0.15) is 59.8 Å². The first-order valence-electron chi connectivity index (χ1n) is 12.5. The lowest BCUT2D eigenvalue weighted by Crippen LogP contribution is -2.57. The monoisotopic (exact) mass is 497 g/mol. The first kappa shape index (κ1) is 24.2. The number of rotatable bonds is 4. The van der Waals surface area contributed by atoms with Crippen molar-refractivity contribution in [3.63, 3.8) is 0 Å². The van der Waals surface area contributed by atoms with Crippen LogP contribution in [0.25, 0.3) is 6.08 Å². The van der Waals surface area contributed by atoms with Gasteiger partial charge in [0.1, 0.15) is 5.57 Å². The standard InChI is InChI=1S/C30H31N3O2S/c1-19-14-15-26(16-20(19)2)33-29(35)27(28(34)32(30(33)36)25-10-6-5-7-11-25)18-23-17-21(3)31(22(23)4)24-12-8-9-13-24/h5-7,10-11,14-18,24H,8-9,12-13H2,1-4H3/b27-18-. The van der Waals surface area contributed by atoms with Gasteiger partial charge >= 0.3 is 0 Å². The first-order chi connectivity index (χ1) is 17.3. The molecule has 1 saturated heterocycles. The van der Waals surface area contributed by atoms with Crippen LogP contribution < -0.4 is 9.80 Å². The maximum atomic E-state index is 13.9. The lowest BCUT2D eigenvalue weighted by atomic mass is 10.0. The normalized spacial score (nSPS) is 18.1. The van der Waals surface area contributed by atoms with Crippen molar-refractivity contribution in [1.82, 2.24) is 4.57 Å². The Balaban J connectivity index is 1.64. The Morgan fingerprint density at radius 2 is 1.44 bits per heavy atom. The van der Waals surface area contributed by atoms with E-state index in [0.29, 0.717) is 17.4 Å². The van der Waals surface area contributed by atoms with Gasteiger partial charge in [-0.25, -0.2) is 0 Å². The summed E-state index contributed by atoms with van der Waals surface area (Å²) in [5.74, 6) is -0.798. The zero-order chi connectivity index (χ0) is 25.6. The summed E-state index contributed by atoms with van der Waals surface area (Å²) in [6, 6.07) is 17.7. The van der Waals surface area contributed by atoms with Gasteiger partial charge in [0.25, 0.3) is 11.8 Å². The molecule has 36 heavy (non-hydrogen) atoms. The van der Waals surface area contributed by atoms with E-state index in [4.69, 9.17) is 12.2 Å². The van der Waals surface area contributed by atoms with E-state index in [1.54, 1.807) is 6.08 Å². The third kappa shape index (κ3) is 4.09. The third-order valence-corrected chi connectivity index (χ3v) is 7.89. The Morgan fingerprint density at radius 3 is 2.08 bits per heavy atom. The van der Waals surface area contributed by atoms with Crippen LogP contribution in [0, 0.1) is 27.7 Å². The molecular weight excluding hydrogens is 466 g/mol. The van der Waals surface area contributed by atoms with Gasteiger partial charge in [0.2, 0.25) is 0 Å². The molecule has 1 aromatic heterocycles. The van der Waals surface area contributed by atoms with Crippen molar-refractivity contribution in [3.05, 3.63) is 88.2 Å². The Morgan fingerprint density at radius 1 is 0.806 bits per heavy atom. The van der Waals surface area contributed by atoms with Crippen molar-refractivity contribution in [2.24, 2.45) is 0 Å². The fraction of sp³-hybridized carbons (Fsp3) is 0.300. The molecule has 5 nitrogen and oxygen atoms in total. The number of carbonyl (C=O) groups is 2. The second-order valence-electron chi connectivity index (χ2n) is 9.86. The van der Waals surface area contributed by atoms with Crippen LogP contribution in [0.2, 0.25) is 0 Å². The van der Waals surface area contributed by atoms with E-state index < -0.39 is 11.8 Å². The predicted octanol–water partition coefficient (Wildman–Crippen LogP) is 6.59. The van der Waals surface area contributed by atoms with E-state index in [1.165, 1.54) is 35.5 Å². The number of aromatic nitrogens is 1. The molecule has 2 aromatic carbocycles. The summed E-state index contributed by atoms with van der Waals surface area (Å²) in [4.78, 5) is 30.7. The second-order valence-corrected chi connectivity index (χ2v) is 10.2. The van der Waals surface area contributed by atoms with Gasteiger partial charge in [-0.1, -0.05) is 37.1 Å². The number of benzene rings is 2. The summed E-state index contributed by atoms with van der Waals surface area (Å²) in [6.07, 6.45) is 6.57. The van der Waals surface area contributed by atoms with Crippen LogP contribution in [0.4, 0.5) is 11.4 Å². The topological polar surface area (TPSA) is 45.6 Å². The molecule has 2 fully saturated rings. The van der Waals surface area contributed by atoms with Crippen molar-refractivity contribution in [3.8, 4) is 0 Å². The number of thiocarbonyl (C=S) groups is 1. The van der Waals surface area contributed by atoms with Gasteiger partial charge < -0.3 is 4.57 Å². The molecule has 0 bridgehead atoms. The van der Waals surface area contributed by atoms with Crippen LogP contribution in [0.3, 0.4) is 0 Å². The molecule has 5 rings (SSSR count). The van der Waals surface area contributed by atoms with Gasteiger partial charge in [0, 0.05) is 17.4 Å². The number of hydrogen-bond acceptors (Lipinski definition) is 3. The van der Waals surface area contributed by atoms with Gasteiger partial charge in [-0.15, -0.1) is 0 Å². The maximum Gasteiger partial charge on any atom is 0.270 e. The molecule has 3 aromatic rings. The van der Waals surface area contributed by atoms with Crippen LogP contribution >= 0.6 is 12.2 Å². The van der Waals surface area contributed by atoms with Crippen LogP contribution in [0.5, 0.6) is 0 Å². The second kappa shape index (κ2) is 9.51. The number of hydrogen-bond donors (Lipinski definition) is 0. The van der Waals surface area contributed by atoms with Gasteiger partial charge in [-0.2, -0.15) is 0 Å². The summed E-state index contributed by atoms with van der Waals surface area (Å²) in [5.41, 5.74) is 6.72. The molecule has 2 amide bonds. The lowest BCUT2D eigenvalue weighted by Gasteiger charge is -2.36. The van der Waals surface area contributed by atoms with Gasteiger partial charge in [-0.3, -0.25) is 19.4 Å². The Labute approximate surface area is 218 Å².